The van der Waals surface area contributed by atoms with Crippen molar-refractivity contribution in [3.8, 4) is 0 Å². The first-order chi connectivity index (χ1) is 11.6. The van der Waals surface area contributed by atoms with Gasteiger partial charge in [0.2, 0.25) is 0 Å². The van der Waals surface area contributed by atoms with E-state index in [4.69, 9.17) is 27.9 Å². The number of hydroxylamine groups is 1. The van der Waals surface area contributed by atoms with Crippen LogP contribution >= 0.6 is 23.2 Å². The van der Waals surface area contributed by atoms with Gasteiger partial charge in [-0.2, -0.15) is 0 Å². The molecule has 0 saturated heterocycles. The minimum atomic E-state index is -0.897. The summed E-state index contributed by atoms with van der Waals surface area (Å²) in [5.41, 5.74) is 2.94. The first kappa shape index (κ1) is 17.8. The van der Waals surface area contributed by atoms with Gasteiger partial charge in [-0.1, -0.05) is 59.6 Å². The number of nitrogens with one attached hydrogen (secondary N) is 1. The van der Waals surface area contributed by atoms with Crippen LogP contribution in [0.4, 0.5) is 4.79 Å². The standard InChI is InChI=1S/C17H13Cl2NO4/c18-13-8-9-14(15(19)11-13)16(21)24-20-17(22)23-10-4-7-12-5-2-1-3-6-12/h1-9,11H,10H2,(H,20,22)/b7-4+. The van der Waals surface area contributed by atoms with Crippen LogP contribution in [0, 0.1) is 0 Å². The molecule has 0 bridgehead atoms. The van der Waals surface area contributed by atoms with Crippen LogP contribution in [-0.4, -0.2) is 18.7 Å². The van der Waals surface area contributed by atoms with E-state index in [9.17, 15) is 9.59 Å². The molecule has 2 aromatic carbocycles. The summed E-state index contributed by atoms with van der Waals surface area (Å²) in [6.45, 7) is 0.0278. The molecule has 0 heterocycles. The Morgan fingerprint density at radius 1 is 1.08 bits per heavy atom. The maximum atomic E-state index is 11.8. The molecule has 0 unspecified atom stereocenters. The molecule has 1 amide bonds. The van der Waals surface area contributed by atoms with Crippen LogP contribution in [0.25, 0.3) is 6.08 Å². The van der Waals surface area contributed by atoms with Gasteiger partial charge < -0.3 is 9.57 Å². The number of halogens is 2. The Bertz CT molecular complexity index is 748. The van der Waals surface area contributed by atoms with Crippen molar-refractivity contribution < 1.29 is 19.2 Å². The molecule has 0 radical (unpaired) electrons. The summed E-state index contributed by atoms with van der Waals surface area (Å²) < 4.78 is 4.83. The number of carbonyl (C=O) groups is 2. The highest BCUT2D eigenvalue weighted by atomic mass is 35.5. The Morgan fingerprint density at radius 2 is 1.83 bits per heavy atom. The molecule has 0 atom stereocenters. The lowest BCUT2D eigenvalue weighted by Gasteiger charge is -2.07. The predicted molar refractivity (Wildman–Crippen MR) is 91.8 cm³/mol. The minimum absolute atomic E-state index is 0.0278. The fraction of sp³-hybridized carbons (Fsp3) is 0.0588. The van der Waals surface area contributed by atoms with Crippen LogP contribution in [0.15, 0.2) is 54.6 Å². The topological polar surface area (TPSA) is 64.6 Å². The zero-order chi connectivity index (χ0) is 17.4. The molecule has 124 valence electrons. The Balaban J connectivity index is 1.74. The maximum absolute atomic E-state index is 11.8. The Kier molecular flexibility index (Phi) is 6.66. The van der Waals surface area contributed by atoms with Crippen LogP contribution in [0.5, 0.6) is 0 Å². The fourth-order valence-electron chi connectivity index (χ4n) is 1.70. The molecule has 5 nitrogen and oxygen atoms in total. The van der Waals surface area contributed by atoms with Crippen LogP contribution in [0.3, 0.4) is 0 Å². The average Bonchev–Trinajstić information content (AvgIpc) is 2.57. The van der Waals surface area contributed by atoms with E-state index in [1.807, 2.05) is 35.8 Å². The third-order valence-electron chi connectivity index (χ3n) is 2.80. The SMILES string of the molecule is O=C(NOC(=O)c1ccc(Cl)cc1Cl)OC/C=C/c1ccccc1. The van der Waals surface area contributed by atoms with Crippen molar-refractivity contribution in [3.05, 3.63) is 75.8 Å². The third kappa shape index (κ3) is 5.61. The number of hydrogen-bond donors (Lipinski definition) is 1. The summed E-state index contributed by atoms with van der Waals surface area (Å²) in [5.74, 6) is -0.826. The molecule has 0 aliphatic heterocycles. The number of carbonyl (C=O) groups excluding carboxylic acids is 2. The van der Waals surface area contributed by atoms with Gasteiger partial charge in [0.1, 0.15) is 6.61 Å². The molecule has 0 aliphatic rings. The van der Waals surface area contributed by atoms with Crippen molar-refractivity contribution in [2.45, 2.75) is 0 Å². The zero-order valence-electron chi connectivity index (χ0n) is 12.4. The molecule has 0 aliphatic carbocycles. The average molecular weight is 366 g/mol. The largest absolute Gasteiger partial charge is 0.443 e. The van der Waals surface area contributed by atoms with E-state index in [-0.39, 0.29) is 17.2 Å². The highest BCUT2D eigenvalue weighted by molar-refractivity contribution is 6.36. The molecule has 1 N–H and O–H groups in total. The van der Waals surface area contributed by atoms with Gasteiger partial charge in [0.15, 0.2) is 0 Å². The zero-order valence-corrected chi connectivity index (χ0v) is 13.9. The van der Waals surface area contributed by atoms with Gasteiger partial charge in [0.25, 0.3) is 0 Å². The fourth-order valence-corrected chi connectivity index (χ4v) is 2.19. The van der Waals surface area contributed by atoms with Crippen molar-refractivity contribution in [2.24, 2.45) is 0 Å². The maximum Gasteiger partial charge on any atom is 0.441 e. The summed E-state index contributed by atoms with van der Waals surface area (Å²) >= 11 is 11.6. The van der Waals surface area contributed by atoms with E-state index in [2.05, 4.69) is 4.84 Å². The lowest BCUT2D eigenvalue weighted by molar-refractivity contribution is 0.0223. The molecule has 7 heteroatoms. The van der Waals surface area contributed by atoms with E-state index in [0.717, 1.165) is 5.56 Å². The second kappa shape index (κ2) is 8.96. The number of rotatable bonds is 4. The second-order valence-electron chi connectivity index (χ2n) is 4.53. The van der Waals surface area contributed by atoms with Crippen molar-refractivity contribution >= 4 is 41.3 Å². The van der Waals surface area contributed by atoms with Crippen LogP contribution in [0.1, 0.15) is 15.9 Å². The van der Waals surface area contributed by atoms with Gasteiger partial charge in [-0.25, -0.2) is 9.59 Å². The number of hydrogen-bond acceptors (Lipinski definition) is 4. The van der Waals surface area contributed by atoms with Gasteiger partial charge in [0, 0.05) is 5.02 Å². The van der Waals surface area contributed by atoms with E-state index < -0.39 is 12.1 Å². The Hall–Kier alpha value is -2.50. The van der Waals surface area contributed by atoms with Crippen molar-refractivity contribution in [1.82, 2.24) is 5.48 Å². The smallest absolute Gasteiger partial charge is 0.441 e. The number of amides is 1. The van der Waals surface area contributed by atoms with Crippen molar-refractivity contribution in [2.75, 3.05) is 6.61 Å². The molecule has 0 fully saturated rings. The monoisotopic (exact) mass is 365 g/mol. The van der Waals surface area contributed by atoms with Crippen LogP contribution in [-0.2, 0) is 9.57 Å². The molecule has 0 spiro atoms. The van der Waals surface area contributed by atoms with Gasteiger partial charge >= 0.3 is 12.1 Å². The van der Waals surface area contributed by atoms with Gasteiger partial charge in [-0.15, -0.1) is 5.48 Å². The Labute approximate surface area is 148 Å². The molecule has 0 aromatic heterocycles. The first-order valence-corrected chi connectivity index (χ1v) is 7.62. The molecule has 2 aromatic rings. The first-order valence-electron chi connectivity index (χ1n) is 6.87. The quantitative estimate of drug-likeness (QED) is 0.809. The lowest BCUT2D eigenvalue weighted by Crippen LogP contribution is -2.28. The van der Waals surface area contributed by atoms with E-state index in [1.165, 1.54) is 18.2 Å². The van der Waals surface area contributed by atoms with Gasteiger partial charge in [-0.05, 0) is 29.8 Å². The normalized spacial score (nSPS) is 10.4. The van der Waals surface area contributed by atoms with E-state index in [1.54, 1.807) is 12.2 Å². The molecule has 0 saturated carbocycles. The highest BCUT2D eigenvalue weighted by Crippen LogP contribution is 2.21. The summed E-state index contributed by atoms with van der Waals surface area (Å²) in [4.78, 5) is 27.8. The minimum Gasteiger partial charge on any atom is -0.443 e. The van der Waals surface area contributed by atoms with Gasteiger partial charge in [-0.3, -0.25) is 0 Å². The van der Waals surface area contributed by atoms with Gasteiger partial charge in [0.05, 0.1) is 10.6 Å². The summed E-state index contributed by atoms with van der Waals surface area (Å²) in [5, 5.41) is 0.502. The van der Waals surface area contributed by atoms with E-state index in [0.29, 0.717) is 5.02 Å². The molecular weight excluding hydrogens is 353 g/mol. The van der Waals surface area contributed by atoms with Crippen molar-refractivity contribution in [3.63, 3.8) is 0 Å². The van der Waals surface area contributed by atoms with Crippen LogP contribution in [0.2, 0.25) is 10.0 Å². The third-order valence-corrected chi connectivity index (χ3v) is 3.35. The summed E-state index contributed by atoms with van der Waals surface area (Å²) in [6, 6.07) is 13.8. The highest BCUT2D eigenvalue weighted by Gasteiger charge is 2.14. The Morgan fingerprint density at radius 3 is 2.54 bits per heavy atom. The molecule has 24 heavy (non-hydrogen) atoms. The van der Waals surface area contributed by atoms with Crippen molar-refractivity contribution in [1.29, 1.82) is 0 Å². The van der Waals surface area contributed by atoms with Crippen LogP contribution < -0.4 is 5.48 Å². The second-order valence-corrected chi connectivity index (χ2v) is 5.37. The molecular formula is C17H13Cl2NO4. The lowest BCUT2D eigenvalue weighted by atomic mass is 10.2. The van der Waals surface area contributed by atoms with E-state index >= 15 is 0 Å². The predicted octanol–water partition coefficient (Wildman–Crippen LogP) is 4.50. The summed E-state index contributed by atoms with van der Waals surface area (Å²) in [7, 11) is 0. The summed E-state index contributed by atoms with van der Waals surface area (Å²) in [6.07, 6.45) is 2.56. The number of benzene rings is 2. The number of ether oxygens (including phenoxy) is 1. The molecule has 2 rings (SSSR count).